The average Bonchev–Trinajstić information content (AvgIpc) is 2.22. The summed E-state index contributed by atoms with van der Waals surface area (Å²) >= 11 is 0. The Morgan fingerprint density at radius 1 is 0.882 bits per heavy atom. The number of hydrogen-bond acceptors (Lipinski definition) is 1. The molecule has 0 unspecified atom stereocenters. The van der Waals surface area contributed by atoms with Gasteiger partial charge < -0.3 is 4.43 Å². The standard InChI is InChI=1S/C15H30OSi/c1-9-11-15(10-2)16-17(12(3)4,13(5)6)14(7)8/h9-14H,1-8H3/b11-9+,15-10+. The van der Waals surface area contributed by atoms with Gasteiger partial charge in [-0.05, 0) is 42.6 Å². The van der Waals surface area contributed by atoms with Gasteiger partial charge in [-0.2, -0.15) is 0 Å². The van der Waals surface area contributed by atoms with E-state index in [0.29, 0.717) is 16.6 Å². The van der Waals surface area contributed by atoms with E-state index in [1.165, 1.54) is 0 Å². The summed E-state index contributed by atoms with van der Waals surface area (Å²) < 4.78 is 6.53. The predicted octanol–water partition coefficient (Wildman–Crippen LogP) is 5.66. The minimum atomic E-state index is -1.77. The maximum Gasteiger partial charge on any atom is 0.258 e. The monoisotopic (exact) mass is 254 g/mol. The molecule has 0 aliphatic carbocycles. The lowest BCUT2D eigenvalue weighted by atomic mass is 10.4. The molecule has 0 aromatic heterocycles. The molecule has 0 spiro atoms. The molecule has 0 radical (unpaired) electrons. The molecule has 0 aliphatic rings. The molecule has 0 atom stereocenters. The summed E-state index contributed by atoms with van der Waals surface area (Å²) in [6.45, 7) is 18.0. The molecule has 0 aromatic rings. The van der Waals surface area contributed by atoms with Gasteiger partial charge in [-0.15, -0.1) is 0 Å². The Morgan fingerprint density at radius 3 is 1.53 bits per heavy atom. The van der Waals surface area contributed by atoms with Crippen molar-refractivity contribution in [2.24, 2.45) is 0 Å². The maximum atomic E-state index is 6.53. The highest BCUT2D eigenvalue weighted by Crippen LogP contribution is 2.43. The normalized spacial score (nSPS) is 14.4. The maximum absolute atomic E-state index is 6.53. The van der Waals surface area contributed by atoms with Crippen LogP contribution in [-0.4, -0.2) is 8.32 Å². The average molecular weight is 254 g/mol. The molecule has 0 saturated carbocycles. The first-order valence-electron chi connectivity index (χ1n) is 6.80. The molecule has 0 heterocycles. The molecule has 17 heavy (non-hydrogen) atoms. The van der Waals surface area contributed by atoms with Crippen LogP contribution in [0.1, 0.15) is 55.4 Å². The second kappa shape index (κ2) is 7.05. The molecule has 2 heteroatoms. The molecule has 0 amide bonds. The van der Waals surface area contributed by atoms with E-state index in [4.69, 9.17) is 4.43 Å². The van der Waals surface area contributed by atoms with Crippen molar-refractivity contribution in [2.75, 3.05) is 0 Å². The van der Waals surface area contributed by atoms with E-state index in [0.717, 1.165) is 5.76 Å². The van der Waals surface area contributed by atoms with Crippen molar-refractivity contribution in [3.8, 4) is 0 Å². The Labute approximate surface area is 109 Å². The summed E-state index contributed by atoms with van der Waals surface area (Å²) in [6.07, 6.45) is 6.21. The lowest BCUT2D eigenvalue weighted by Crippen LogP contribution is -2.47. The van der Waals surface area contributed by atoms with Crippen molar-refractivity contribution in [1.82, 2.24) is 0 Å². The van der Waals surface area contributed by atoms with Crippen LogP contribution in [0, 0.1) is 0 Å². The van der Waals surface area contributed by atoms with Crippen molar-refractivity contribution >= 4 is 8.32 Å². The Hall–Kier alpha value is -0.503. The summed E-state index contributed by atoms with van der Waals surface area (Å²) in [5.74, 6) is 1.04. The van der Waals surface area contributed by atoms with Gasteiger partial charge in [-0.1, -0.05) is 47.6 Å². The summed E-state index contributed by atoms with van der Waals surface area (Å²) in [6, 6.07) is 0. The minimum absolute atomic E-state index is 0.628. The van der Waals surface area contributed by atoms with E-state index in [1.807, 2.05) is 6.92 Å². The molecule has 0 bridgehead atoms. The minimum Gasteiger partial charge on any atom is -0.543 e. The van der Waals surface area contributed by atoms with Gasteiger partial charge in [-0.3, -0.25) is 0 Å². The zero-order chi connectivity index (χ0) is 13.6. The van der Waals surface area contributed by atoms with Crippen LogP contribution in [0.5, 0.6) is 0 Å². The summed E-state index contributed by atoms with van der Waals surface area (Å²) in [4.78, 5) is 0. The Morgan fingerprint density at radius 2 is 1.29 bits per heavy atom. The topological polar surface area (TPSA) is 9.23 Å². The van der Waals surface area contributed by atoms with E-state index in [1.54, 1.807) is 0 Å². The molecule has 0 fully saturated rings. The van der Waals surface area contributed by atoms with Crippen LogP contribution in [0.4, 0.5) is 0 Å². The quantitative estimate of drug-likeness (QED) is 0.338. The van der Waals surface area contributed by atoms with Crippen molar-refractivity contribution in [3.63, 3.8) is 0 Å². The fourth-order valence-corrected chi connectivity index (χ4v) is 8.21. The Kier molecular flexibility index (Phi) is 6.84. The van der Waals surface area contributed by atoms with Crippen LogP contribution in [0.25, 0.3) is 0 Å². The molecular weight excluding hydrogens is 224 g/mol. The van der Waals surface area contributed by atoms with Crippen LogP contribution >= 0.6 is 0 Å². The molecule has 0 rings (SSSR count). The zero-order valence-corrected chi connectivity index (χ0v) is 13.9. The van der Waals surface area contributed by atoms with Crippen LogP contribution in [-0.2, 0) is 4.43 Å². The molecule has 0 aliphatic heterocycles. The van der Waals surface area contributed by atoms with Crippen LogP contribution in [0.2, 0.25) is 16.6 Å². The first-order valence-corrected chi connectivity index (χ1v) is 8.94. The molecule has 1 nitrogen and oxygen atoms in total. The largest absolute Gasteiger partial charge is 0.543 e. The second-order valence-corrected chi connectivity index (χ2v) is 11.0. The third kappa shape index (κ3) is 3.73. The van der Waals surface area contributed by atoms with E-state index >= 15 is 0 Å². The van der Waals surface area contributed by atoms with E-state index < -0.39 is 8.32 Å². The van der Waals surface area contributed by atoms with Crippen molar-refractivity contribution in [3.05, 3.63) is 24.0 Å². The van der Waals surface area contributed by atoms with Crippen LogP contribution < -0.4 is 0 Å². The molecule has 100 valence electrons. The van der Waals surface area contributed by atoms with E-state index in [9.17, 15) is 0 Å². The lowest BCUT2D eigenvalue weighted by molar-refractivity contribution is 0.386. The SMILES string of the molecule is C/C=C/C(=C\C)O[Si](C(C)C)(C(C)C)C(C)C. The third-order valence-electron chi connectivity index (χ3n) is 3.62. The smallest absolute Gasteiger partial charge is 0.258 e. The number of allylic oxidation sites excluding steroid dienone is 3. The molecular formula is C15H30OSi. The Bertz CT molecular complexity index is 253. The van der Waals surface area contributed by atoms with Crippen molar-refractivity contribution in [2.45, 2.75) is 72.0 Å². The van der Waals surface area contributed by atoms with Crippen LogP contribution in [0.15, 0.2) is 24.0 Å². The summed E-state index contributed by atoms with van der Waals surface area (Å²) in [7, 11) is -1.77. The first kappa shape index (κ1) is 16.5. The van der Waals surface area contributed by atoms with Gasteiger partial charge >= 0.3 is 0 Å². The van der Waals surface area contributed by atoms with Gasteiger partial charge in [0.25, 0.3) is 8.32 Å². The fourth-order valence-electron chi connectivity index (χ4n) is 2.91. The molecule has 0 aromatic carbocycles. The van der Waals surface area contributed by atoms with Gasteiger partial charge in [0, 0.05) is 0 Å². The highest BCUT2D eigenvalue weighted by atomic mass is 28.4. The molecule has 0 saturated heterocycles. The molecule has 0 N–H and O–H groups in total. The summed E-state index contributed by atoms with van der Waals surface area (Å²) in [5.41, 5.74) is 1.88. The predicted molar refractivity (Wildman–Crippen MR) is 80.7 cm³/mol. The van der Waals surface area contributed by atoms with E-state index in [-0.39, 0.29) is 0 Å². The van der Waals surface area contributed by atoms with Gasteiger partial charge in [0.2, 0.25) is 0 Å². The van der Waals surface area contributed by atoms with E-state index in [2.05, 4.69) is 66.7 Å². The number of rotatable bonds is 6. The highest BCUT2D eigenvalue weighted by molar-refractivity contribution is 6.77. The van der Waals surface area contributed by atoms with Gasteiger partial charge in [-0.25, -0.2) is 0 Å². The fraction of sp³-hybridized carbons (Fsp3) is 0.733. The number of hydrogen-bond donors (Lipinski definition) is 0. The van der Waals surface area contributed by atoms with Gasteiger partial charge in [0.15, 0.2) is 0 Å². The zero-order valence-electron chi connectivity index (χ0n) is 12.9. The van der Waals surface area contributed by atoms with Crippen molar-refractivity contribution < 1.29 is 4.43 Å². The van der Waals surface area contributed by atoms with Crippen molar-refractivity contribution in [1.29, 1.82) is 0 Å². The van der Waals surface area contributed by atoms with Gasteiger partial charge in [0.05, 0.1) is 5.76 Å². The van der Waals surface area contributed by atoms with Gasteiger partial charge in [0.1, 0.15) is 0 Å². The Balaban J connectivity index is 5.32. The second-order valence-electron chi connectivity index (χ2n) is 5.61. The third-order valence-corrected chi connectivity index (χ3v) is 9.62. The highest BCUT2D eigenvalue weighted by Gasteiger charge is 2.46. The lowest BCUT2D eigenvalue weighted by Gasteiger charge is -2.42. The van der Waals surface area contributed by atoms with Crippen LogP contribution in [0.3, 0.4) is 0 Å². The summed E-state index contributed by atoms with van der Waals surface area (Å²) in [5, 5.41) is 0. The first-order chi connectivity index (χ1) is 7.82.